The van der Waals surface area contributed by atoms with E-state index in [-0.39, 0.29) is 29.2 Å². The van der Waals surface area contributed by atoms with E-state index in [1.807, 2.05) is 0 Å². The molecule has 0 saturated carbocycles. The van der Waals surface area contributed by atoms with Crippen LogP contribution in [0.4, 0.5) is 10.1 Å². The average molecular weight is 492 g/mol. The summed E-state index contributed by atoms with van der Waals surface area (Å²) in [5.74, 6) is -0.689. The summed E-state index contributed by atoms with van der Waals surface area (Å²) >= 11 is 0. The zero-order valence-electron chi connectivity index (χ0n) is 20.0. The number of Topliss-reactive ketones (excluding diaryl/α,β-unsaturated/α-hetero) is 1. The van der Waals surface area contributed by atoms with Crippen molar-refractivity contribution in [3.63, 3.8) is 0 Å². The first-order chi connectivity index (χ1) is 15.8. The van der Waals surface area contributed by atoms with Gasteiger partial charge in [0, 0.05) is 6.42 Å². The molecule has 0 spiro atoms. The zero-order chi connectivity index (χ0) is 25.3. The Hall–Kier alpha value is -2.94. The number of rotatable bonds is 7. The van der Waals surface area contributed by atoms with Gasteiger partial charge in [-0.3, -0.25) is 9.10 Å². The third-order valence-corrected chi connectivity index (χ3v) is 7.28. The second-order valence-corrected chi connectivity index (χ2v) is 11.3. The van der Waals surface area contributed by atoms with Gasteiger partial charge in [0.15, 0.2) is 0 Å². The quantitative estimate of drug-likeness (QED) is 0.533. The maximum atomic E-state index is 13.7. The highest BCUT2D eigenvalue weighted by atomic mass is 32.2. The number of anilines is 1. The van der Waals surface area contributed by atoms with Gasteiger partial charge in [-0.05, 0) is 83.0 Å². The summed E-state index contributed by atoms with van der Waals surface area (Å²) in [6, 6.07) is 8.84. The van der Waals surface area contributed by atoms with Crippen LogP contribution >= 0.6 is 0 Å². The number of hydrogen-bond donors (Lipinski definition) is 0. The van der Waals surface area contributed by atoms with E-state index in [1.165, 1.54) is 23.4 Å². The predicted octanol–water partition coefficient (Wildman–Crippen LogP) is 4.42. The first-order valence-corrected chi connectivity index (χ1v) is 12.5. The van der Waals surface area contributed by atoms with E-state index < -0.39 is 39.6 Å². The van der Waals surface area contributed by atoms with Gasteiger partial charge in [0.25, 0.3) is 10.0 Å². The van der Waals surface area contributed by atoms with Gasteiger partial charge in [0.05, 0.1) is 23.0 Å². The number of benzene rings is 2. The molecule has 0 bridgehead atoms. The van der Waals surface area contributed by atoms with Gasteiger partial charge in [-0.2, -0.15) is 0 Å². The molecule has 0 fully saturated rings. The molecule has 9 heteroatoms. The van der Waals surface area contributed by atoms with Crippen molar-refractivity contribution in [1.82, 2.24) is 0 Å². The lowest BCUT2D eigenvalue weighted by Gasteiger charge is -2.41. The van der Waals surface area contributed by atoms with Crippen molar-refractivity contribution in [2.45, 2.75) is 76.5 Å². The van der Waals surface area contributed by atoms with Crippen LogP contribution < -0.4 is 9.04 Å². The van der Waals surface area contributed by atoms with Crippen LogP contribution in [0.2, 0.25) is 0 Å². The maximum Gasteiger partial charge on any atom is 0.310 e. The van der Waals surface area contributed by atoms with Crippen LogP contribution in [-0.2, 0) is 30.8 Å². The van der Waals surface area contributed by atoms with Crippen molar-refractivity contribution >= 4 is 27.5 Å². The molecule has 0 amide bonds. The van der Waals surface area contributed by atoms with Crippen molar-refractivity contribution in [3.8, 4) is 5.75 Å². The molecular formula is C25H30FNO6S. The minimum Gasteiger partial charge on any atom is -0.486 e. The molecule has 184 valence electrons. The Morgan fingerprint density at radius 1 is 1.12 bits per heavy atom. The van der Waals surface area contributed by atoms with Crippen LogP contribution in [0.5, 0.6) is 5.75 Å². The van der Waals surface area contributed by atoms with E-state index in [1.54, 1.807) is 45.9 Å². The minimum absolute atomic E-state index is 0.0257. The lowest BCUT2D eigenvalue weighted by molar-refractivity contribution is -0.153. The molecule has 1 heterocycles. The summed E-state index contributed by atoms with van der Waals surface area (Å²) in [6.45, 7) is 8.48. The number of halogens is 1. The largest absolute Gasteiger partial charge is 0.486 e. The van der Waals surface area contributed by atoms with Gasteiger partial charge in [-0.15, -0.1) is 0 Å². The summed E-state index contributed by atoms with van der Waals surface area (Å²) < 4.78 is 53.5. The molecule has 2 aromatic carbocycles. The standard InChI is InChI=1S/C25H30FNO6S/c1-16(28)6-12-22-17(2)27(34(30,31)20-10-8-19(26)9-11-20)21-14-18(7-13-23(21)32-22)15-24(29)33-25(3,4)5/h7-11,13-14,17,22H,6,12,15H2,1-5H3/t17-,22+/m1/s1. The molecule has 1 aliphatic heterocycles. The third-order valence-electron chi connectivity index (χ3n) is 5.37. The van der Waals surface area contributed by atoms with Crippen molar-refractivity contribution in [1.29, 1.82) is 0 Å². The van der Waals surface area contributed by atoms with E-state index in [0.29, 0.717) is 17.7 Å². The monoisotopic (exact) mass is 491 g/mol. The second-order valence-electron chi connectivity index (χ2n) is 9.46. The lowest BCUT2D eigenvalue weighted by Crippen LogP contribution is -2.50. The molecule has 34 heavy (non-hydrogen) atoms. The van der Waals surface area contributed by atoms with Gasteiger partial charge in [0.1, 0.15) is 29.1 Å². The number of carbonyl (C=O) groups is 2. The number of ketones is 1. The SMILES string of the molecule is CC(=O)CC[C@@H]1Oc2ccc(CC(=O)OC(C)(C)C)cc2N(S(=O)(=O)c2ccc(F)cc2)[C@@H]1C. The number of carbonyl (C=O) groups excluding carboxylic acids is 2. The van der Waals surface area contributed by atoms with E-state index in [2.05, 4.69) is 0 Å². The highest BCUT2D eigenvalue weighted by Crippen LogP contribution is 2.41. The Kier molecular flexibility index (Phi) is 7.35. The first-order valence-electron chi connectivity index (χ1n) is 11.1. The molecule has 3 rings (SSSR count). The van der Waals surface area contributed by atoms with Crippen LogP contribution in [-0.4, -0.2) is 37.9 Å². The summed E-state index contributed by atoms with van der Waals surface area (Å²) in [5, 5.41) is 0. The molecule has 0 N–H and O–H groups in total. The molecule has 1 aliphatic rings. The van der Waals surface area contributed by atoms with Crippen molar-refractivity contribution < 1.29 is 31.9 Å². The number of esters is 1. The third kappa shape index (κ3) is 5.94. The second kappa shape index (κ2) is 9.74. The van der Waals surface area contributed by atoms with Gasteiger partial charge in [0.2, 0.25) is 0 Å². The highest BCUT2D eigenvalue weighted by Gasteiger charge is 2.40. The fraction of sp³-hybridized carbons (Fsp3) is 0.440. The molecular weight excluding hydrogens is 461 g/mol. The Balaban J connectivity index is 2.04. The number of fused-ring (bicyclic) bond motifs is 1. The summed E-state index contributed by atoms with van der Waals surface area (Å²) in [6.07, 6.45) is -0.0310. The normalized spacial score (nSPS) is 18.1. The van der Waals surface area contributed by atoms with Crippen LogP contribution in [0.25, 0.3) is 0 Å². The Bertz CT molecular complexity index is 1170. The summed E-state index contributed by atoms with van der Waals surface area (Å²) in [5.41, 5.74) is 0.187. The summed E-state index contributed by atoms with van der Waals surface area (Å²) in [4.78, 5) is 23.8. The van der Waals surface area contributed by atoms with E-state index in [0.717, 1.165) is 12.1 Å². The van der Waals surface area contributed by atoms with Crippen molar-refractivity contribution in [2.75, 3.05) is 4.31 Å². The van der Waals surface area contributed by atoms with Gasteiger partial charge in [-0.25, -0.2) is 12.8 Å². The Morgan fingerprint density at radius 3 is 2.35 bits per heavy atom. The van der Waals surface area contributed by atoms with E-state index in [4.69, 9.17) is 9.47 Å². The van der Waals surface area contributed by atoms with Crippen molar-refractivity contribution in [3.05, 3.63) is 53.8 Å². The molecule has 0 aliphatic carbocycles. The molecule has 2 aromatic rings. The lowest BCUT2D eigenvalue weighted by atomic mass is 10.0. The van der Waals surface area contributed by atoms with Crippen LogP contribution in [0.1, 0.15) is 53.0 Å². The number of nitrogens with zero attached hydrogens (tertiary/aromatic N) is 1. The topological polar surface area (TPSA) is 90.0 Å². The fourth-order valence-corrected chi connectivity index (χ4v) is 5.52. The first kappa shape index (κ1) is 25.7. The molecule has 2 atom stereocenters. The van der Waals surface area contributed by atoms with Crippen LogP contribution in [0, 0.1) is 5.82 Å². The molecule has 0 unspecified atom stereocenters. The van der Waals surface area contributed by atoms with Crippen molar-refractivity contribution in [2.24, 2.45) is 0 Å². The minimum atomic E-state index is -4.10. The predicted molar refractivity (Wildman–Crippen MR) is 126 cm³/mol. The number of sulfonamides is 1. The zero-order valence-corrected chi connectivity index (χ0v) is 20.8. The number of hydrogen-bond acceptors (Lipinski definition) is 6. The van der Waals surface area contributed by atoms with E-state index >= 15 is 0 Å². The molecule has 0 aromatic heterocycles. The molecule has 0 saturated heterocycles. The van der Waals surface area contributed by atoms with E-state index in [9.17, 15) is 22.4 Å². The smallest absolute Gasteiger partial charge is 0.310 e. The Morgan fingerprint density at radius 2 is 1.76 bits per heavy atom. The van der Waals surface area contributed by atoms with Crippen LogP contribution in [0.3, 0.4) is 0 Å². The fourth-order valence-electron chi connectivity index (χ4n) is 3.84. The Labute approximate surface area is 199 Å². The molecule has 7 nitrogen and oxygen atoms in total. The maximum absolute atomic E-state index is 13.7. The number of ether oxygens (including phenoxy) is 2. The average Bonchev–Trinajstić information content (AvgIpc) is 2.71. The van der Waals surface area contributed by atoms with Gasteiger partial charge in [-0.1, -0.05) is 6.07 Å². The highest BCUT2D eigenvalue weighted by molar-refractivity contribution is 7.92. The van der Waals surface area contributed by atoms with Gasteiger partial charge >= 0.3 is 5.97 Å². The van der Waals surface area contributed by atoms with Gasteiger partial charge < -0.3 is 14.3 Å². The molecule has 0 radical (unpaired) electrons. The van der Waals surface area contributed by atoms with Crippen LogP contribution in [0.15, 0.2) is 47.4 Å². The summed E-state index contributed by atoms with van der Waals surface area (Å²) in [7, 11) is -4.10.